The molecule has 0 unspecified atom stereocenters. The third kappa shape index (κ3) is 6.52. The van der Waals surface area contributed by atoms with E-state index in [0.717, 1.165) is 15.6 Å². The van der Waals surface area contributed by atoms with Crippen molar-refractivity contribution in [1.82, 2.24) is 4.90 Å². The second kappa shape index (κ2) is 11.3. The number of benzene rings is 2. The maximum Gasteiger partial charge on any atom is 0.325 e. The first-order chi connectivity index (χ1) is 14.4. The SMILES string of the molecule is COC(=O)CN(Cc1cc(OC)cc(OC)c1)C(=O)/C=C/c1cc(Br)ccc1OC. The summed E-state index contributed by atoms with van der Waals surface area (Å²) in [7, 11) is 5.93. The fourth-order valence-electron chi connectivity index (χ4n) is 2.71. The maximum atomic E-state index is 12.9. The van der Waals surface area contributed by atoms with Gasteiger partial charge in [-0.15, -0.1) is 0 Å². The molecule has 1 amide bonds. The molecule has 0 N–H and O–H groups in total. The highest BCUT2D eigenvalue weighted by molar-refractivity contribution is 9.10. The Balaban J connectivity index is 2.29. The van der Waals surface area contributed by atoms with Crippen LogP contribution >= 0.6 is 15.9 Å². The molecule has 0 atom stereocenters. The lowest BCUT2D eigenvalue weighted by Crippen LogP contribution is -2.34. The first-order valence-electron chi connectivity index (χ1n) is 8.99. The number of amides is 1. The summed E-state index contributed by atoms with van der Waals surface area (Å²) in [6.07, 6.45) is 3.03. The van der Waals surface area contributed by atoms with Crippen LogP contribution in [0.25, 0.3) is 6.08 Å². The van der Waals surface area contributed by atoms with E-state index in [9.17, 15) is 9.59 Å². The number of methoxy groups -OCH3 is 4. The Kier molecular flexibility index (Phi) is 8.73. The highest BCUT2D eigenvalue weighted by Crippen LogP contribution is 2.25. The Bertz CT molecular complexity index is 906. The summed E-state index contributed by atoms with van der Waals surface area (Å²) in [5.74, 6) is 0.920. The highest BCUT2D eigenvalue weighted by Gasteiger charge is 2.17. The number of hydrogen-bond acceptors (Lipinski definition) is 6. The lowest BCUT2D eigenvalue weighted by Gasteiger charge is -2.21. The molecule has 160 valence electrons. The molecule has 0 aliphatic heterocycles. The summed E-state index contributed by atoms with van der Waals surface area (Å²) in [6, 6.07) is 10.8. The van der Waals surface area contributed by atoms with Crippen LogP contribution in [-0.2, 0) is 20.9 Å². The summed E-state index contributed by atoms with van der Waals surface area (Å²) in [6.45, 7) is -0.0315. The molecule has 0 spiro atoms. The van der Waals surface area contributed by atoms with Crippen molar-refractivity contribution in [2.75, 3.05) is 35.0 Å². The van der Waals surface area contributed by atoms with Crippen molar-refractivity contribution in [1.29, 1.82) is 0 Å². The van der Waals surface area contributed by atoms with Crippen molar-refractivity contribution in [3.8, 4) is 17.2 Å². The van der Waals surface area contributed by atoms with Crippen LogP contribution in [0.1, 0.15) is 11.1 Å². The van der Waals surface area contributed by atoms with Crippen molar-refractivity contribution in [2.24, 2.45) is 0 Å². The Morgan fingerprint density at radius 3 is 2.20 bits per heavy atom. The van der Waals surface area contributed by atoms with Gasteiger partial charge in [-0.3, -0.25) is 9.59 Å². The van der Waals surface area contributed by atoms with Gasteiger partial charge < -0.3 is 23.8 Å². The number of hydrogen-bond donors (Lipinski definition) is 0. The minimum absolute atomic E-state index is 0.168. The van der Waals surface area contributed by atoms with Gasteiger partial charge in [0, 0.05) is 28.7 Å². The molecule has 2 aromatic rings. The Morgan fingerprint density at radius 2 is 1.63 bits per heavy atom. The summed E-state index contributed by atoms with van der Waals surface area (Å²) in [5.41, 5.74) is 1.47. The number of esters is 1. The Hall–Kier alpha value is -3.00. The predicted molar refractivity (Wildman–Crippen MR) is 117 cm³/mol. The zero-order chi connectivity index (χ0) is 22.1. The molecular formula is C22H24BrNO6. The summed E-state index contributed by atoms with van der Waals surface area (Å²) < 4.78 is 21.5. The molecule has 2 aromatic carbocycles. The van der Waals surface area contributed by atoms with E-state index < -0.39 is 5.97 Å². The topological polar surface area (TPSA) is 74.3 Å². The third-order valence-corrected chi connectivity index (χ3v) is 4.73. The van der Waals surface area contributed by atoms with Crippen LogP contribution in [-0.4, -0.2) is 51.8 Å². The van der Waals surface area contributed by atoms with Gasteiger partial charge in [0.1, 0.15) is 23.8 Å². The smallest absolute Gasteiger partial charge is 0.325 e. The summed E-state index contributed by atoms with van der Waals surface area (Å²) >= 11 is 3.41. The van der Waals surface area contributed by atoms with E-state index >= 15 is 0 Å². The number of ether oxygens (including phenoxy) is 4. The van der Waals surface area contributed by atoms with Gasteiger partial charge in [0.05, 0.1) is 28.4 Å². The van der Waals surface area contributed by atoms with Gasteiger partial charge in [-0.1, -0.05) is 15.9 Å². The van der Waals surface area contributed by atoms with Crippen LogP contribution in [0, 0.1) is 0 Å². The monoisotopic (exact) mass is 477 g/mol. The average molecular weight is 478 g/mol. The average Bonchev–Trinajstić information content (AvgIpc) is 2.76. The Morgan fingerprint density at radius 1 is 0.967 bits per heavy atom. The summed E-state index contributed by atoms with van der Waals surface area (Å²) in [5, 5.41) is 0. The molecule has 8 heteroatoms. The molecule has 30 heavy (non-hydrogen) atoms. The van der Waals surface area contributed by atoms with Gasteiger partial charge >= 0.3 is 5.97 Å². The fourth-order valence-corrected chi connectivity index (χ4v) is 3.09. The number of rotatable bonds is 9. The predicted octanol–water partition coefficient (Wildman–Crippen LogP) is 3.69. The molecule has 0 saturated carbocycles. The largest absolute Gasteiger partial charge is 0.497 e. The Labute approximate surface area is 184 Å². The molecule has 2 rings (SSSR count). The normalized spacial score (nSPS) is 10.6. The van der Waals surface area contributed by atoms with E-state index in [1.807, 2.05) is 12.1 Å². The quantitative estimate of drug-likeness (QED) is 0.405. The van der Waals surface area contributed by atoms with E-state index in [1.165, 1.54) is 18.1 Å². The first kappa shape index (κ1) is 23.3. The number of carbonyl (C=O) groups excluding carboxylic acids is 2. The van der Waals surface area contributed by atoms with Crippen LogP contribution < -0.4 is 14.2 Å². The second-order valence-electron chi connectivity index (χ2n) is 6.21. The first-order valence-corrected chi connectivity index (χ1v) is 9.78. The molecule has 0 saturated heterocycles. The standard InChI is InChI=1S/C22H24BrNO6/c1-27-18-9-15(10-19(12-18)28-2)13-24(14-22(26)30-4)21(25)8-5-16-11-17(23)6-7-20(16)29-3/h5-12H,13-14H2,1-4H3/b8-5+. The van der Waals surface area contributed by atoms with Crippen LogP contribution in [0.2, 0.25) is 0 Å². The lowest BCUT2D eigenvalue weighted by molar-refractivity contribution is -0.145. The fraction of sp³-hybridized carbons (Fsp3) is 0.273. The zero-order valence-electron chi connectivity index (χ0n) is 17.3. The van der Waals surface area contributed by atoms with E-state index in [4.69, 9.17) is 18.9 Å². The molecule has 0 radical (unpaired) electrons. The van der Waals surface area contributed by atoms with Gasteiger partial charge in [0.15, 0.2) is 0 Å². The van der Waals surface area contributed by atoms with Crippen molar-refractivity contribution < 1.29 is 28.5 Å². The van der Waals surface area contributed by atoms with Crippen LogP contribution in [0.3, 0.4) is 0 Å². The van der Waals surface area contributed by atoms with E-state index in [0.29, 0.717) is 17.2 Å². The van der Waals surface area contributed by atoms with Crippen molar-refractivity contribution >= 4 is 33.9 Å². The minimum atomic E-state index is -0.522. The van der Waals surface area contributed by atoms with Gasteiger partial charge in [0.25, 0.3) is 0 Å². The molecule has 0 heterocycles. The van der Waals surface area contributed by atoms with Gasteiger partial charge in [-0.2, -0.15) is 0 Å². The van der Waals surface area contributed by atoms with Gasteiger partial charge in [-0.05, 0) is 42.0 Å². The maximum absolute atomic E-state index is 12.9. The van der Waals surface area contributed by atoms with Crippen LogP contribution in [0.4, 0.5) is 0 Å². The lowest BCUT2D eigenvalue weighted by atomic mass is 10.1. The van der Waals surface area contributed by atoms with E-state index in [1.54, 1.807) is 51.7 Å². The van der Waals surface area contributed by atoms with Crippen LogP contribution in [0.15, 0.2) is 46.9 Å². The minimum Gasteiger partial charge on any atom is -0.497 e. The zero-order valence-corrected chi connectivity index (χ0v) is 18.9. The molecule has 0 aromatic heterocycles. The van der Waals surface area contributed by atoms with Crippen LogP contribution in [0.5, 0.6) is 17.2 Å². The molecule has 0 aliphatic carbocycles. The highest BCUT2D eigenvalue weighted by atomic mass is 79.9. The summed E-state index contributed by atoms with van der Waals surface area (Å²) in [4.78, 5) is 26.1. The second-order valence-corrected chi connectivity index (χ2v) is 7.13. The molecule has 0 bridgehead atoms. The van der Waals surface area contributed by atoms with Crippen molar-refractivity contribution in [3.63, 3.8) is 0 Å². The molecule has 7 nitrogen and oxygen atoms in total. The molecule has 0 aliphatic rings. The van der Waals surface area contributed by atoms with Crippen molar-refractivity contribution in [3.05, 3.63) is 58.1 Å². The van der Waals surface area contributed by atoms with E-state index in [2.05, 4.69) is 15.9 Å². The van der Waals surface area contributed by atoms with E-state index in [-0.39, 0.29) is 19.0 Å². The number of carbonyl (C=O) groups is 2. The van der Waals surface area contributed by atoms with Gasteiger partial charge in [0.2, 0.25) is 5.91 Å². The van der Waals surface area contributed by atoms with Gasteiger partial charge in [-0.25, -0.2) is 0 Å². The number of nitrogens with zero attached hydrogens (tertiary/aromatic N) is 1. The third-order valence-electron chi connectivity index (χ3n) is 4.24. The number of halogens is 1. The molecular weight excluding hydrogens is 454 g/mol. The molecule has 0 fully saturated rings. The van der Waals surface area contributed by atoms with Crippen molar-refractivity contribution in [2.45, 2.75) is 6.54 Å².